The van der Waals surface area contributed by atoms with E-state index in [2.05, 4.69) is 31.4 Å². The largest absolute Gasteiger partial charge is 0.493 e. The molecule has 20 heavy (non-hydrogen) atoms. The number of aromatic amines is 1. The highest BCUT2D eigenvalue weighted by atomic mass is 79.9. The molecular formula is C14H16BrN3O2. The number of amides is 1. The SMILES string of the molecule is CC(NC(=O)CCOc1cccc(Br)c1)c1cn[nH]c1. The minimum absolute atomic E-state index is 0.0475. The van der Waals surface area contributed by atoms with Crippen LogP contribution in [-0.4, -0.2) is 22.7 Å². The number of halogens is 1. The molecule has 0 aliphatic carbocycles. The molecule has 0 aliphatic heterocycles. The van der Waals surface area contributed by atoms with Gasteiger partial charge in [0.05, 0.1) is 25.3 Å². The molecule has 1 unspecified atom stereocenters. The average Bonchev–Trinajstić information content (AvgIpc) is 2.92. The Morgan fingerprint density at radius 3 is 3.10 bits per heavy atom. The lowest BCUT2D eigenvalue weighted by molar-refractivity contribution is -0.122. The minimum Gasteiger partial charge on any atom is -0.493 e. The number of benzene rings is 1. The molecule has 5 nitrogen and oxygen atoms in total. The summed E-state index contributed by atoms with van der Waals surface area (Å²) < 4.78 is 6.47. The summed E-state index contributed by atoms with van der Waals surface area (Å²) in [7, 11) is 0. The van der Waals surface area contributed by atoms with Crippen LogP contribution in [-0.2, 0) is 4.79 Å². The van der Waals surface area contributed by atoms with Gasteiger partial charge in [0.2, 0.25) is 5.91 Å². The van der Waals surface area contributed by atoms with Crippen LogP contribution in [0, 0.1) is 0 Å². The van der Waals surface area contributed by atoms with Crippen LogP contribution in [0.25, 0.3) is 0 Å². The summed E-state index contributed by atoms with van der Waals surface area (Å²) in [5, 5.41) is 9.47. The Bertz CT molecular complexity index is 557. The van der Waals surface area contributed by atoms with Gasteiger partial charge >= 0.3 is 0 Å². The van der Waals surface area contributed by atoms with Gasteiger partial charge in [-0.05, 0) is 25.1 Å². The summed E-state index contributed by atoms with van der Waals surface area (Å²) in [6, 6.07) is 7.47. The summed E-state index contributed by atoms with van der Waals surface area (Å²) in [6.07, 6.45) is 3.78. The number of aromatic nitrogens is 2. The molecule has 1 aromatic carbocycles. The zero-order valence-electron chi connectivity index (χ0n) is 11.1. The topological polar surface area (TPSA) is 67.0 Å². The standard InChI is InChI=1S/C14H16BrN3O2/c1-10(11-8-16-17-9-11)18-14(19)5-6-20-13-4-2-3-12(15)7-13/h2-4,7-10H,5-6H2,1H3,(H,16,17)(H,18,19). The zero-order chi connectivity index (χ0) is 14.4. The lowest BCUT2D eigenvalue weighted by Crippen LogP contribution is -2.27. The molecule has 1 amide bonds. The van der Waals surface area contributed by atoms with Crippen molar-refractivity contribution in [2.75, 3.05) is 6.61 Å². The summed E-state index contributed by atoms with van der Waals surface area (Å²) in [5.74, 6) is 0.698. The highest BCUT2D eigenvalue weighted by Gasteiger charge is 2.10. The van der Waals surface area contributed by atoms with Crippen LogP contribution in [0.3, 0.4) is 0 Å². The monoisotopic (exact) mass is 337 g/mol. The van der Waals surface area contributed by atoms with E-state index in [-0.39, 0.29) is 11.9 Å². The summed E-state index contributed by atoms with van der Waals surface area (Å²) in [4.78, 5) is 11.8. The van der Waals surface area contributed by atoms with Gasteiger partial charge < -0.3 is 10.1 Å². The van der Waals surface area contributed by atoms with Crippen LogP contribution in [0.15, 0.2) is 41.1 Å². The first-order valence-corrected chi connectivity index (χ1v) is 7.11. The zero-order valence-corrected chi connectivity index (χ0v) is 12.7. The van der Waals surface area contributed by atoms with Gasteiger partial charge in [-0.1, -0.05) is 22.0 Å². The molecule has 0 radical (unpaired) electrons. The molecule has 0 saturated carbocycles. The van der Waals surface area contributed by atoms with Crippen LogP contribution >= 0.6 is 15.9 Å². The Morgan fingerprint density at radius 1 is 1.55 bits per heavy atom. The highest BCUT2D eigenvalue weighted by molar-refractivity contribution is 9.10. The van der Waals surface area contributed by atoms with E-state index in [1.54, 1.807) is 12.4 Å². The molecule has 2 aromatic rings. The molecule has 0 spiro atoms. The molecule has 1 atom stereocenters. The second-order valence-corrected chi connectivity index (χ2v) is 5.29. The fourth-order valence-electron chi connectivity index (χ4n) is 1.71. The van der Waals surface area contributed by atoms with Crippen LogP contribution in [0.2, 0.25) is 0 Å². The Kier molecular flexibility index (Phi) is 5.17. The van der Waals surface area contributed by atoms with Gasteiger partial charge in [-0.15, -0.1) is 0 Å². The number of nitrogens with one attached hydrogen (secondary N) is 2. The number of rotatable bonds is 6. The number of carbonyl (C=O) groups is 1. The van der Waals surface area contributed by atoms with E-state index in [4.69, 9.17) is 4.74 Å². The fourth-order valence-corrected chi connectivity index (χ4v) is 2.09. The Morgan fingerprint density at radius 2 is 2.40 bits per heavy atom. The van der Waals surface area contributed by atoms with Crippen molar-refractivity contribution in [1.82, 2.24) is 15.5 Å². The number of hydrogen-bond acceptors (Lipinski definition) is 3. The van der Waals surface area contributed by atoms with E-state index in [1.807, 2.05) is 31.2 Å². The molecule has 1 aromatic heterocycles. The number of nitrogens with zero attached hydrogens (tertiary/aromatic N) is 1. The molecular weight excluding hydrogens is 322 g/mol. The third-order valence-electron chi connectivity index (χ3n) is 2.79. The van der Waals surface area contributed by atoms with Crippen molar-refractivity contribution >= 4 is 21.8 Å². The molecule has 2 rings (SSSR count). The quantitative estimate of drug-likeness (QED) is 0.851. The van der Waals surface area contributed by atoms with Crippen molar-refractivity contribution in [3.05, 3.63) is 46.7 Å². The summed E-state index contributed by atoms with van der Waals surface area (Å²) in [5.41, 5.74) is 0.950. The van der Waals surface area contributed by atoms with Crippen LogP contribution < -0.4 is 10.1 Å². The van der Waals surface area contributed by atoms with Gasteiger partial charge in [0.25, 0.3) is 0 Å². The minimum atomic E-state index is -0.0629. The van der Waals surface area contributed by atoms with Crippen LogP contribution in [0.4, 0.5) is 0 Å². The number of carbonyl (C=O) groups excluding carboxylic acids is 1. The fraction of sp³-hybridized carbons (Fsp3) is 0.286. The molecule has 0 saturated heterocycles. The maximum Gasteiger partial charge on any atom is 0.223 e. The van der Waals surface area contributed by atoms with Gasteiger partial charge in [0.1, 0.15) is 5.75 Å². The molecule has 106 valence electrons. The third-order valence-corrected chi connectivity index (χ3v) is 3.28. The predicted molar refractivity (Wildman–Crippen MR) is 79.4 cm³/mol. The van der Waals surface area contributed by atoms with E-state index in [0.717, 1.165) is 15.8 Å². The maximum absolute atomic E-state index is 11.8. The lowest BCUT2D eigenvalue weighted by atomic mass is 10.2. The molecule has 6 heteroatoms. The van der Waals surface area contributed by atoms with Crippen molar-refractivity contribution in [3.8, 4) is 5.75 Å². The smallest absolute Gasteiger partial charge is 0.223 e. The normalized spacial score (nSPS) is 11.9. The molecule has 1 heterocycles. The van der Waals surface area contributed by atoms with E-state index in [0.29, 0.717) is 13.0 Å². The van der Waals surface area contributed by atoms with Crippen molar-refractivity contribution < 1.29 is 9.53 Å². The second-order valence-electron chi connectivity index (χ2n) is 4.38. The van der Waals surface area contributed by atoms with E-state index >= 15 is 0 Å². The van der Waals surface area contributed by atoms with E-state index in [1.165, 1.54) is 0 Å². The predicted octanol–water partition coefficient (Wildman–Crippen LogP) is 2.82. The highest BCUT2D eigenvalue weighted by Crippen LogP contribution is 2.17. The Balaban J connectivity index is 1.73. The first-order chi connectivity index (χ1) is 9.65. The van der Waals surface area contributed by atoms with Crippen molar-refractivity contribution in [2.24, 2.45) is 0 Å². The first kappa shape index (κ1) is 14.6. The summed E-state index contributed by atoms with van der Waals surface area (Å²) >= 11 is 3.37. The second kappa shape index (κ2) is 7.09. The van der Waals surface area contributed by atoms with E-state index in [9.17, 15) is 4.79 Å². The van der Waals surface area contributed by atoms with Crippen molar-refractivity contribution in [2.45, 2.75) is 19.4 Å². The van der Waals surface area contributed by atoms with Crippen molar-refractivity contribution in [3.63, 3.8) is 0 Å². The number of hydrogen-bond donors (Lipinski definition) is 2. The molecule has 0 bridgehead atoms. The van der Waals surface area contributed by atoms with Crippen molar-refractivity contribution in [1.29, 1.82) is 0 Å². The lowest BCUT2D eigenvalue weighted by Gasteiger charge is -2.12. The first-order valence-electron chi connectivity index (χ1n) is 6.31. The van der Waals surface area contributed by atoms with Crippen LogP contribution in [0.1, 0.15) is 24.9 Å². The Labute approximate surface area is 125 Å². The number of H-pyrrole nitrogens is 1. The van der Waals surface area contributed by atoms with Gasteiger partial charge in [-0.2, -0.15) is 5.10 Å². The third kappa shape index (κ3) is 4.38. The Hall–Kier alpha value is -1.82. The van der Waals surface area contributed by atoms with Crippen LogP contribution in [0.5, 0.6) is 5.75 Å². The average molecular weight is 338 g/mol. The molecule has 0 aliphatic rings. The number of ether oxygens (including phenoxy) is 1. The maximum atomic E-state index is 11.8. The van der Waals surface area contributed by atoms with Gasteiger partial charge in [0.15, 0.2) is 0 Å². The summed E-state index contributed by atoms with van der Waals surface area (Å²) in [6.45, 7) is 2.26. The molecule has 2 N–H and O–H groups in total. The molecule has 0 fully saturated rings. The van der Waals surface area contributed by atoms with E-state index < -0.39 is 0 Å². The van der Waals surface area contributed by atoms with Gasteiger partial charge in [-0.3, -0.25) is 9.89 Å². The van der Waals surface area contributed by atoms with Gasteiger partial charge in [0, 0.05) is 16.2 Å². The van der Waals surface area contributed by atoms with Gasteiger partial charge in [-0.25, -0.2) is 0 Å².